The van der Waals surface area contributed by atoms with Gasteiger partial charge in [-0.25, -0.2) is 0 Å². The van der Waals surface area contributed by atoms with Crippen molar-refractivity contribution in [1.82, 2.24) is 9.97 Å². The standard InChI is InChI=1S/C11H10N2O2/c14-8-15-6-3-9-1-2-10-11(7-9)13-5-4-12-10/h1-2,4-5,7-8H,3,6H2. The maximum atomic E-state index is 9.96. The molecule has 4 heteroatoms. The van der Waals surface area contributed by atoms with Crippen LogP contribution < -0.4 is 0 Å². The number of benzene rings is 1. The Balaban J connectivity index is 2.19. The van der Waals surface area contributed by atoms with Gasteiger partial charge < -0.3 is 4.74 Å². The van der Waals surface area contributed by atoms with Gasteiger partial charge in [-0.1, -0.05) is 6.07 Å². The van der Waals surface area contributed by atoms with Gasteiger partial charge in [0.05, 0.1) is 17.6 Å². The predicted octanol–water partition coefficient (Wildman–Crippen LogP) is 1.35. The molecule has 76 valence electrons. The van der Waals surface area contributed by atoms with Crippen LogP contribution in [-0.4, -0.2) is 23.0 Å². The third-order valence-electron chi connectivity index (χ3n) is 2.11. The van der Waals surface area contributed by atoms with Gasteiger partial charge >= 0.3 is 0 Å². The van der Waals surface area contributed by atoms with Crippen LogP contribution in [0.5, 0.6) is 0 Å². The molecule has 0 bridgehead atoms. The lowest BCUT2D eigenvalue weighted by atomic mass is 10.1. The highest BCUT2D eigenvalue weighted by molar-refractivity contribution is 5.74. The number of hydrogen-bond donors (Lipinski definition) is 0. The molecule has 1 aromatic heterocycles. The smallest absolute Gasteiger partial charge is 0.293 e. The molecule has 2 rings (SSSR count). The van der Waals surface area contributed by atoms with Crippen molar-refractivity contribution in [2.45, 2.75) is 6.42 Å². The zero-order valence-corrected chi connectivity index (χ0v) is 8.09. The van der Waals surface area contributed by atoms with Crippen molar-refractivity contribution < 1.29 is 9.53 Å². The zero-order valence-electron chi connectivity index (χ0n) is 8.09. The molecule has 0 spiro atoms. The number of nitrogens with zero attached hydrogens (tertiary/aromatic N) is 2. The van der Waals surface area contributed by atoms with Crippen molar-refractivity contribution in [2.24, 2.45) is 0 Å². The van der Waals surface area contributed by atoms with Gasteiger partial charge in [0.15, 0.2) is 0 Å². The Morgan fingerprint density at radius 3 is 2.80 bits per heavy atom. The van der Waals surface area contributed by atoms with Gasteiger partial charge in [0, 0.05) is 18.8 Å². The second-order valence-corrected chi connectivity index (χ2v) is 3.10. The van der Waals surface area contributed by atoms with Gasteiger partial charge in [-0.15, -0.1) is 0 Å². The molecular formula is C11H10N2O2. The van der Waals surface area contributed by atoms with Gasteiger partial charge in [-0.05, 0) is 17.7 Å². The molecule has 0 amide bonds. The summed E-state index contributed by atoms with van der Waals surface area (Å²) in [5.74, 6) is 0. The van der Waals surface area contributed by atoms with Crippen LogP contribution in [-0.2, 0) is 16.0 Å². The van der Waals surface area contributed by atoms with Gasteiger partial charge in [0.25, 0.3) is 6.47 Å². The van der Waals surface area contributed by atoms with E-state index in [0.29, 0.717) is 19.5 Å². The molecule has 4 nitrogen and oxygen atoms in total. The average molecular weight is 202 g/mol. The van der Waals surface area contributed by atoms with Crippen LogP contribution in [0.25, 0.3) is 11.0 Å². The SMILES string of the molecule is O=COCCc1ccc2nccnc2c1. The highest BCUT2D eigenvalue weighted by atomic mass is 16.5. The van der Waals surface area contributed by atoms with E-state index in [2.05, 4.69) is 14.7 Å². The summed E-state index contributed by atoms with van der Waals surface area (Å²) in [5.41, 5.74) is 2.82. The van der Waals surface area contributed by atoms with E-state index < -0.39 is 0 Å². The van der Waals surface area contributed by atoms with Crippen LogP contribution in [0.4, 0.5) is 0 Å². The lowest BCUT2D eigenvalue weighted by molar-refractivity contribution is -0.128. The Bertz CT molecular complexity index is 471. The summed E-state index contributed by atoms with van der Waals surface area (Å²) in [6.45, 7) is 0.857. The van der Waals surface area contributed by atoms with Gasteiger partial charge in [-0.2, -0.15) is 0 Å². The molecule has 0 aliphatic heterocycles. The number of carbonyl (C=O) groups is 1. The number of ether oxygens (including phenoxy) is 1. The zero-order chi connectivity index (χ0) is 10.5. The van der Waals surface area contributed by atoms with E-state index >= 15 is 0 Å². The third-order valence-corrected chi connectivity index (χ3v) is 2.11. The van der Waals surface area contributed by atoms with E-state index in [1.54, 1.807) is 12.4 Å². The fourth-order valence-corrected chi connectivity index (χ4v) is 1.39. The second-order valence-electron chi connectivity index (χ2n) is 3.10. The Morgan fingerprint density at radius 2 is 2.00 bits per heavy atom. The first kappa shape index (κ1) is 9.58. The maximum Gasteiger partial charge on any atom is 0.293 e. The predicted molar refractivity (Wildman–Crippen MR) is 55.3 cm³/mol. The lowest BCUT2D eigenvalue weighted by Crippen LogP contribution is -1.96. The molecular weight excluding hydrogens is 192 g/mol. The van der Waals surface area contributed by atoms with Crippen LogP contribution in [0.3, 0.4) is 0 Å². The first-order valence-electron chi connectivity index (χ1n) is 4.65. The fraction of sp³-hybridized carbons (Fsp3) is 0.182. The number of hydrogen-bond acceptors (Lipinski definition) is 4. The number of rotatable bonds is 4. The Kier molecular flexibility index (Phi) is 2.88. The summed E-state index contributed by atoms with van der Waals surface area (Å²) in [5, 5.41) is 0. The highest BCUT2D eigenvalue weighted by Gasteiger charge is 1.98. The molecule has 0 unspecified atom stereocenters. The van der Waals surface area contributed by atoms with Crippen LogP contribution in [0.15, 0.2) is 30.6 Å². The topological polar surface area (TPSA) is 52.1 Å². The van der Waals surface area contributed by atoms with Crippen molar-refractivity contribution in [3.8, 4) is 0 Å². The third kappa shape index (κ3) is 2.28. The Hall–Kier alpha value is -1.97. The largest absolute Gasteiger partial charge is 0.468 e. The second kappa shape index (κ2) is 4.50. The number of carbonyl (C=O) groups excluding carboxylic acids is 1. The summed E-state index contributed by atoms with van der Waals surface area (Å²) in [6.07, 6.45) is 4.02. The summed E-state index contributed by atoms with van der Waals surface area (Å²) in [6, 6.07) is 5.83. The fourth-order valence-electron chi connectivity index (χ4n) is 1.39. The van der Waals surface area contributed by atoms with Gasteiger partial charge in [0.1, 0.15) is 0 Å². The number of fused-ring (bicyclic) bond motifs is 1. The van der Waals surface area contributed by atoms with Gasteiger partial charge in [0.2, 0.25) is 0 Å². The molecule has 0 atom stereocenters. The van der Waals surface area contributed by atoms with Crippen LogP contribution in [0.1, 0.15) is 5.56 Å². The highest BCUT2D eigenvalue weighted by Crippen LogP contribution is 2.11. The molecule has 0 fully saturated rings. The Morgan fingerprint density at radius 1 is 1.20 bits per heavy atom. The minimum atomic E-state index is 0.398. The van der Waals surface area contributed by atoms with Crippen LogP contribution in [0, 0.1) is 0 Å². The first-order valence-corrected chi connectivity index (χ1v) is 4.65. The quantitative estimate of drug-likeness (QED) is 0.554. The molecule has 0 aliphatic carbocycles. The minimum absolute atomic E-state index is 0.398. The van der Waals surface area contributed by atoms with Crippen molar-refractivity contribution in [1.29, 1.82) is 0 Å². The molecule has 0 saturated carbocycles. The molecule has 1 heterocycles. The van der Waals surface area contributed by atoms with E-state index in [1.807, 2.05) is 18.2 Å². The summed E-state index contributed by atoms with van der Waals surface area (Å²) in [4.78, 5) is 18.3. The van der Waals surface area contributed by atoms with Gasteiger partial charge in [-0.3, -0.25) is 14.8 Å². The van der Waals surface area contributed by atoms with Crippen LogP contribution in [0.2, 0.25) is 0 Å². The van der Waals surface area contributed by atoms with Crippen molar-refractivity contribution >= 4 is 17.5 Å². The summed E-state index contributed by atoms with van der Waals surface area (Å²) in [7, 11) is 0. The Labute approximate surface area is 86.9 Å². The first-order chi connectivity index (χ1) is 7.40. The maximum absolute atomic E-state index is 9.96. The van der Waals surface area contributed by atoms with Crippen molar-refractivity contribution in [3.63, 3.8) is 0 Å². The minimum Gasteiger partial charge on any atom is -0.468 e. The monoisotopic (exact) mass is 202 g/mol. The lowest BCUT2D eigenvalue weighted by Gasteiger charge is -2.01. The van der Waals surface area contributed by atoms with E-state index in [4.69, 9.17) is 0 Å². The van der Waals surface area contributed by atoms with E-state index in [1.165, 1.54) is 0 Å². The molecule has 0 saturated heterocycles. The van der Waals surface area contributed by atoms with Crippen molar-refractivity contribution in [3.05, 3.63) is 36.2 Å². The molecule has 0 radical (unpaired) electrons. The molecule has 2 aromatic rings. The average Bonchev–Trinajstić information content (AvgIpc) is 2.29. The van der Waals surface area contributed by atoms with E-state index in [-0.39, 0.29) is 0 Å². The molecule has 15 heavy (non-hydrogen) atoms. The molecule has 0 N–H and O–H groups in total. The van der Waals surface area contributed by atoms with Crippen molar-refractivity contribution in [2.75, 3.05) is 6.61 Å². The molecule has 0 aliphatic rings. The summed E-state index contributed by atoms with van der Waals surface area (Å²) < 4.78 is 4.63. The van der Waals surface area contributed by atoms with Crippen LogP contribution >= 0.6 is 0 Å². The van der Waals surface area contributed by atoms with E-state index in [0.717, 1.165) is 16.6 Å². The normalized spacial score (nSPS) is 10.1. The number of aromatic nitrogens is 2. The summed E-state index contributed by atoms with van der Waals surface area (Å²) >= 11 is 0. The molecule has 1 aromatic carbocycles. The van der Waals surface area contributed by atoms with E-state index in [9.17, 15) is 4.79 Å².